The smallest absolute Gasteiger partial charge is 0.266 e. The maximum Gasteiger partial charge on any atom is 0.266 e. The Balaban J connectivity index is 1.46. The van der Waals surface area contributed by atoms with Gasteiger partial charge in [-0.15, -0.1) is 6.58 Å². The zero-order valence-corrected chi connectivity index (χ0v) is 22.9. The Morgan fingerprint density at radius 3 is 2.46 bits per heavy atom. The van der Waals surface area contributed by atoms with Crippen LogP contribution >= 0.6 is 0 Å². The normalized spacial score (nSPS) is 24.1. The molecule has 2 unspecified atom stereocenters. The quantitative estimate of drug-likeness (QED) is 0.363. The molecule has 2 aliphatic rings. The number of carbonyl (C=O) groups is 3. The summed E-state index contributed by atoms with van der Waals surface area (Å²) in [6.07, 6.45) is 1.86. The molecule has 4 atom stereocenters. The topological polar surface area (TPSA) is 134 Å². The number of ether oxygens (including phenoxy) is 1. The van der Waals surface area contributed by atoms with Crippen molar-refractivity contribution in [1.82, 2.24) is 14.9 Å². The monoisotopic (exact) mass is 554 g/mol. The number of nitrogens with zero attached hydrogens (tertiary/aromatic N) is 1. The fourth-order valence-corrected chi connectivity index (χ4v) is 6.38. The minimum Gasteiger partial charge on any atom is -0.387 e. The average molecular weight is 555 g/mol. The van der Waals surface area contributed by atoms with Crippen molar-refractivity contribution < 1.29 is 27.5 Å². The Morgan fingerprint density at radius 1 is 1.13 bits per heavy atom. The van der Waals surface area contributed by atoms with Gasteiger partial charge in [-0.3, -0.25) is 14.4 Å². The van der Waals surface area contributed by atoms with E-state index in [9.17, 15) is 22.8 Å². The van der Waals surface area contributed by atoms with Crippen molar-refractivity contribution in [2.24, 2.45) is 5.92 Å². The number of anilines is 1. The maximum atomic E-state index is 13.3. The van der Waals surface area contributed by atoms with Gasteiger partial charge in [-0.2, -0.15) is 0 Å². The summed E-state index contributed by atoms with van der Waals surface area (Å²) in [6.45, 7) is 5.97. The van der Waals surface area contributed by atoms with Crippen molar-refractivity contribution in [2.75, 3.05) is 18.9 Å². The molecule has 4 rings (SSSR count). The van der Waals surface area contributed by atoms with Gasteiger partial charge >= 0.3 is 0 Å². The van der Waals surface area contributed by atoms with E-state index >= 15 is 0 Å². The van der Waals surface area contributed by atoms with E-state index in [1.54, 1.807) is 30.1 Å². The van der Waals surface area contributed by atoms with Gasteiger partial charge in [0.25, 0.3) is 15.9 Å². The fourth-order valence-electron chi connectivity index (χ4n) is 5.13. The van der Waals surface area contributed by atoms with E-state index in [-0.39, 0.29) is 29.7 Å². The fraction of sp³-hybridized carbons (Fsp3) is 0.393. The second-order valence-electron chi connectivity index (χ2n) is 9.85. The van der Waals surface area contributed by atoms with Gasteiger partial charge in [-0.25, -0.2) is 13.1 Å². The summed E-state index contributed by atoms with van der Waals surface area (Å²) in [5.41, 5.74) is -0.134. The number of nitrogens with one attached hydrogen (secondary N) is 3. The van der Waals surface area contributed by atoms with Gasteiger partial charge in [0, 0.05) is 32.9 Å². The molecular formula is C28H34N4O6S. The lowest BCUT2D eigenvalue weighted by molar-refractivity contribution is -0.134. The van der Waals surface area contributed by atoms with Crippen LogP contribution in [0.3, 0.4) is 0 Å². The van der Waals surface area contributed by atoms with E-state index in [0.29, 0.717) is 25.3 Å². The summed E-state index contributed by atoms with van der Waals surface area (Å²) in [4.78, 5) is 40.4. The molecule has 208 valence electrons. The first-order valence-corrected chi connectivity index (χ1v) is 14.3. The van der Waals surface area contributed by atoms with Gasteiger partial charge in [0.05, 0.1) is 24.4 Å². The number of amides is 3. The SMILES string of the molecule is C=C[C@@H]1C[C@]1(NC(=O)CC1C(OCc2ccccc2)CCN1C(C)=O)C(=O)NS(=O)(=O)c1ccccc1NC. The molecule has 0 spiro atoms. The van der Waals surface area contributed by atoms with Crippen molar-refractivity contribution in [3.63, 3.8) is 0 Å². The molecule has 0 aromatic heterocycles. The van der Waals surface area contributed by atoms with Gasteiger partial charge in [0.15, 0.2) is 0 Å². The molecule has 1 aliphatic heterocycles. The molecule has 1 heterocycles. The van der Waals surface area contributed by atoms with Crippen LogP contribution in [0.15, 0.2) is 72.1 Å². The number of sulfonamides is 1. The third-order valence-electron chi connectivity index (χ3n) is 7.33. The van der Waals surface area contributed by atoms with Crippen molar-refractivity contribution >= 4 is 33.4 Å². The number of hydrogen-bond donors (Lipinski definition) is 3. The largest absolute Gasteiger partial charge is 0.387 e. The van der Waals surface area contributed by atoms with E-state index in [1.807, 2.05) is 30.3 Å². The van der Waals surface area contributed by atoms with E-state index < -0.39 is 39.3 Å². The van der Waals surface area contributed by atoms with Gasteiger partial charge < -0.3 is 20.3 Å². The number of likely N-dealkylation sites (tertiary alicyclic amines) is 1. The number of para-hydroxylation sites is 1. The maximum absolute atomic E-state index is 13.3. The number of hydrogen-bond acceptors (Lipinski definition) is 7. The molecule has 1 saturated carbocycles. The molecule has 2 aromatic carbocycles. The Labute approximate surface area is 228 Å². The third-order valence-corrected chi connectivity index (χ3v) is 8.72. The molecule has 0 radical (unpaired) electrons. The Kier molecular flexibility index (Phi) is 8.41. The second kappa shape index (κ2) is 11.6. The molecule has 3 amide bonds. The molecule has 2 fully saturated rings. The predicted octanol–water partition coefficient (Wildman–Crippen LogP) is 2.19. The molecule has 0 bridgehead atoms. The standard InChI is InChI=1S/C28H34N4O6S/c1-4-21-17-28(21,27(35)31-39(36,37)25-13-9-8-12-22(25)29-3)30-26(34)16-23-24(14-15-32(23)19(2)33)38-18-20-10-6-5-7-11-20/h4-13,21,23-24,29H,1,14-18H2,2-3H3,(H,30,34)(H,31,35)/t21-,23?,24?,28-/m1/s1. The summed E-state index contributed by atoms with van der Waals surface area (Å²) in [6, 6.07) is 15.3. The van der Waals surface area contributed by atoms with E-state index in [1.165, 1.54) is 19.1 Å². The van der Waals surface area contributed by atoms with Crippen molar-refractivity contribution in [2.45, 2.75) is 55.4 Å². The first kappa shape index (κ1) is 28.3. The van der Waals surface area contributed by atoms with Crippen LogP contribution in [0, 0.1) is 5.92 Å². The lowest BCUT2D eigenvalue weighted by Crippen LogP contribution is -2.53. The number of benzene rings is 2. The van der Waals surface area contributed by atoms with Crippen LogP contribution in [-0.2, 0) is 35.8 Å². The summed E-state index contributed by atoms with van der Waals surface area (Å²) >= 11 is 0. The molecule has 39 heavy (non-hydrogen) atoms. The lowest BCUT2D eigenvalue weighted by atomic mass is 10.1. The van der Waals surface area contributed by atoms with E-state index in [4.69, 9.17) is 4.74 Å². The highest BCUT2D eigenvalue weighted by molar-refractivity contribution is 7.90. The van der Waals surface area contributed by atoms with Crippen LogP contribution in [0.25, 0.3) is 0 Å². The van der Waals surface area contributed by atoms with E-state index in [2.05, 4.69) is 21.9 Å². The zero-order chi connectivity index (χ0) is 28.2. The number of rotatable bonds is 11. The molecule has 1 saturated heterocycles. The third kappa shape index (κ3) is 6.15. The molecule has 11 heteroatoms. The van der Waals surface area contributed by atoms with Crippen LogP contribution in [-0.4, -0.2) is 62.3 Å². The molecule has 3 N–H and O–H groups in total. The highest BCUT2D eigenvalue weighted by Crippen LogP contribution is 2.45. The van der Waals surface area contributed by atoms with Crippen LogP contribution in [0.5, 0.6) is 0 Å². The highest BCUT2D eigenvalue weighted by atomic mass is 32.2. The van der Waals surface area contributed by atoms with Gasteiger partial charge in [0.2, 0.25) is 11.8 Å². The Bertz CT molecular complexity index is 1350. The van der Waals surface area contributed by atoms with Crippen molar-refractivity contribution in [1.29, 1.82) is 0 Å². The molecular weight excluding hydrogens is 520 g/mol. The molecule has 2 aromatic rings. The molecule has 1 aliphatic carbocycles. The lowest BCUT2D eigenvalue weighted by Gasteiger charge is -2.28. The van der Waals surface area contributed by atoms with Crippen LogP contribution in [0.4, 0.5) is 5.69 Å². The summed E-state index contributed by atoms with van der Waals surface area (Å²) in [5, 5.41) is 5.56. The second-order valence-corrected chi connectivity index (χ2v) is 11.5. The van der Waals surface area contributed by atoms with Crippen molar-refractivity contribution in [3.8, 4) is 0 Å². The van der Waals surface area contributed by atoms with Crippen LogP contribution in [0.2, 0.25) is 0 Å². The van der Waals surface area contributed by atoms with Crippen LogP contribution < -0.4 is 15.4 Å². The summed E-state index contributed by atoms with van der Waals surface area (Å²) in [7, 11) is -2.64. The highest BCUT2D eigenvalue weighted by Gasteiger charge is 2.60. The summed E-state index contributed by atoms with van der Waals surface area (Å²) < 4.78 is 34.3. The van der Waals surface area contributed by atoms with Crippen molar-refractivity contribution in [3.05, 3.63) is 72.8 Å². The Morgan fingerprint density at radius 2 is 1.82 bits per heavy atom. The summed E-state index contributed by atoms with van der Waals surface area (Å²) in [5.74, 6) is -1.92. The van der Waals surface area contributed by atoms with Crippen LogP contribution in [0.1, 0.15) is 31.7 Å². The van der Waals surface area contributed by atoms with E-state index in [0.717, 1.165) is 5.56 Å². The zero-order valence-electron chi connectivity index (χ0n) is 22.1. The first-order chi connectivity index (χ1) is 18.6. The van der Waals surface area contributed by atoms with Gasteiger partial charge in [-0.1, -0.05) is 48.5 Å². The average Bonchev–Trinajstić information content (AvgIpc) is 3.49. The minimum absolute atomic E-state index is 0.0837. The molecule has 10 nitrogen and oxygen atoms in total. The predicted molar refractivity (Wildman–Crippen MR) is 146 cm³/mol. The number of carbonyl (C=O) groups excluding carboxylic acids is 3. The first-order valence-electron chi connectivity index (χ1n) is 12.8. The van der Waals surface area contributed by atoms with Gasteiger partial charge in [-0.05, 0) is 30.5 Å². The minimum atomic E-state index is -4.22. The van der Waals surface area contributed by atoms with Gasteiger partial charge in [0.1, 0.15) is 10.4 Å². The Hall–Kier alpha value is -3.70.